The van der Waals surface area contributed by atoms with Gasteiger partial charge in [0.25, 0.3) is 0 Å². The van der Waals surface area contributed by atoms with Crippen LogP contribution in [0, 0.1) is 16.7 Å². The Morgan fingerprint density at radius 2 is 1.54 bits per heavy atom. The smallest absolute Gasteiger partial charge is 0.0487 e. The molecule has 2 N–H and O–H groups in total. The van der Waals surface area contributed by atoms with Gasteiger partial charge in [0, 0.05) is 13.2 Å². The Hall–Kier alpha value is -0.0800. The summed E-state index contributed by atoms with van der Waals surface area (Å²) in [5.41, 5.74) is 0.334. The van der Waals surface area contributed by atoms with Gasteiger partial charge in [0.1, 0.15) is 0 Å². The Labute approximate surface area is 80.0 Å². The first-order valence-electron chi connectivity index (χ1n) is 5.35. The van der Waals surface area contributed by atoms with Gasteiger partial charge in [-0.05, 0) is 48.9 Å². The molecule has 76 valence electrons. The van der Waals surface area contributed by atoms with E-state index in [0.29, 0.717) is 19.1 Å². The van der Waals surface area contributed by atoms with Crippen LogP contribution in [0.1, 0.15) is 39.0 Å². The quantitative estimate of drug-likeness (QED) is 0.683. The highest BCUT2D eigenvalue weighted by Gasteiger charge is 2.52. The third-order valence-corrected chi connectivity index (χ3v) is 4.17. The Morgan fingerprint density at radius 1 is 1.08 bits per heavy atom. The second-order valence-corrected chi connectivity index (χ2v) is 5.51. The molecule has 0 aromatic rings. The first-order chi connectivity index (χ1) is 6.14. The van der Waals surface area contributed by atoms with Crippen LogP contribution in [0.2, 0.25) is 0 Å². The summed E-state index contributed by atoms with van der Waals surface area (Å²) < 4.78 is 0. The first kappa shape index (κ1) is 9.47. The zero-order chi connectivity index (χ0) is 9.53. The lowest BCUT2D eigenvalue weighted by molar-refractivity contribution is 0.0140. The van der Waals surface area contributed by atoms with E-state index in [9.17, 15) is 10.2 Å². The van der Waals surface area contributed by atoms with Gasteiger partial charge in [-0.3, -0.25) is 0 Å². The minimum absolute atomic E-state index is 0.167. The minimum atomic E-state index is 0.167. The summed E-state index contributed by atoms with van der Waals surface area (Å²) in [6.07, 6.45) is 5.61. The summed E-state index contributed by atoms with van der Waals surface area (Å²) in [6, 6.07) is 0. The van der Waals surface area contributed by atoms with E-state index in [1.165, 1.54) is 0 Å². The lowest BCUT2D eigenvalue weighted by Gasteiger charge is -2.41. The first-order valence-corrected chi connectivity index (χ1v) is 5.35. The fraction of sp³-hybridized carbons (Fsp3) is 1.00. The SMILES string of the molecule is CC1CC2(CO)CCC(CO)(C1)C2. The van der Waals surface area contributed by atoms with Gasteiger partial charge in [-0.15, -0.1) is 0 Å². The molecule has 13 heavy (non-hydrogen) atoms. The maximum Gasteiger partial charge on any atom is 0.0487 e. The van der Waals surface area contributed by atoms with Crippen molar-refractivity contribution in [2.75, 3.05) is 13.2 Å². The Balaban J connectivity index is 2.20. The Bertz CT molecular complexity index is 184. The molecule has 2 heteroatoms. The topological polar surface area (TPSA) is 40.5 Å². The third-order valence-electron chi connectivity index (χ3n) is 4.17. The van der Waals surface area contributed by atoms with Gasteiger partial charge in [-0.1, -0.05) is 6.92 Å². The summed E-state index contributed by atoms with van der Waals surface area (Å²) in [6.45, 7) is 2.89. The molecular weight excluding hydrogens is 164 g/mol. The van der Waals surface area contributed by atoms with Crippen LogP contribution in [0.4, 0.5) is 0 Å². The molecule has 2 fully saturated rings. The van der Waals surface area contributed by atoms with E-state index < -0.39 is 0 Å². The molecule has 0 saturated heterocycles. The molecule has 0 aromatic carbocycles. The third kappa shape index (κ3) is 1.40. The van der Waals surface area contributed by atoms with Gasteiger partial charge in [0.15, 0.2) is 0 Å². The van der Waals surface area contributed by atoms with E-state index >= 15 is 0 Å². The number of aliphatic hydroxyl groups is 2. The molecule has 2 bridgehead atoms. The molecule has 2 saturated carbocycles. The largest absolute Gasteiger partial charge is 0.396 e. The van der Waals surface area contributed by atoms with Crippen LogP contribution in [-0.2, 0) is 0 Å². The highest BCUT2D eigenvalue weighted by Crippen LogP contribution is 2.59. The zero-order valence-corrected chi connectivity index (χ0v) is 8.42. The van der Waals surface area contributed by atoms with Crippen molar-refractivity contribution in [3.63, 3.8) is 0 Å². The van der Waals surface area contributed by atoms with Crippen LogP contribution in [0.5, 0.6) is 0 Å². The van der Waals surface area contributed by atoms with Crippen LogP contribution < -0.4 is 0 Å². The lowest BCUT2D eigenvalue weighted by atomic mass is 9.66. The standard InChI is InChI=1S/C11H20O2/c1-9-4-10(7-12)2-3-11(5-9,6-10)8-13/h9,12-13H,2-8H2,1H3. The number of hydrogen-bond donors (Lipinski definition) is 2. The molecular formula is C11H20O2. The predicted molar refractivity (Wildman–Crippen MR) is 51.3 cm³/mol. The number of hydrogen-bond acceptors (Lipinski definition) is 2. The maximum atomic E-state index is 9.41. The molecule has 0 aromatic heterocycles. The van der Waals surface area contributed by atoms with Crippen molar-refractivity contribution in [2.45, 2.75) is 39.0 Å². The average molecular weight is 184 g/mol. The van der Waals surface area contributed by atoms with Crippen molar-refractivity contribution >= 4 is 0 Å². The van der Waals surface area contributed by atoms with Crippen LogP contribution in [-0.4, -0.2) is 23.4 Å². The molecule has 2 nitrogen and oxygen atoms in total. The van der Waals surface area contributed by atoms with Gasteiger partial charge in [0.05, 0.1) is 0 Å². The summed E-state index contributed by atoms with van der Waals surface area (Å²) in [5, 5.41) is 18.8. The molecule has 0 spiro atoms. The van der Waals surface area contributed by atoms with Gasteiger partial charge in [0.2, 0.25) is 0 Å². The molecule has 2 atom stereocenters. The predicted octanol–water partition coefficient (Wildman–Crippen LogP) is 1.56. The zero-order valence-electron chi connectivity index (χ0n) is 8.42. The van der Waals surface area contributed by atoms with Gasteiger partial charge in [-0.2, -0.15) is 0 Å². The second kappa shape index (κ2) is 2.96. The van der Waals surface area contributed by atoms with Crippen LogP contribution in [0.3, 0.4) is 0 Å². The number of aliphatic hydroxyl groups excluding tert-OH is 2. The lowest BCUT2D eigenvalue weighted by Crippen LogP contribution is -2.36. The molecule has 0 aliphatic heterocycles. The summed E-state index contributed by atoms with van der Waals surface area (Å²) in [4.78, 5) is 0. The van der Waals surface area contributed by atoms with E-state index in [1.54, 1.807) is 0 Å². The normalized spacial score (nSPS) is 49.6. The van der Waals surface area contributed by atoms with E-state index in [2.05, 4.69) is 6.92 Å². The highest BCUT2D eigenvalue weighted by molar-refractivity contribution is 5.02. The van der Waals surface area contributed by atoms with E-state index in [1.807, 2.05) is 0 Å². The molecule has 2 aliphatic carbocycles. The molecule has 2 aliphatic rings. The monoisotopic (exact) mass is 184 g/mol. The molecule has 0 amide bonds. The Morgan fingerprint density at radius 3 is 1.92 bits per heavy atom. The van der Waals surface area contributed by atoms with E-state index in [0.717, 1.165) is 32.1 Å². The molecule has 0 radical (unpaired) electrons. The number of fused-ring (bicyclic) bond motifs is 2. The summed E-state index contributed by atoms with van der Waals surface area (Å²) >= 11 is 0. The highest BCUT2D eigenvalue weighted by atomic mass is 16.3. The van der Waals surface area contributed by atoms with E-state index in [-0.39, 0.29) is 10.8 Å². The molecule has 2 rings (SSSR count). The fourth-order valence-electron chi connectivity index (χ4n) is 3.80. The van der Waals surface area contributed by atoms with Crippen molar-refractivity contribution in [3.8, 4) is 0 Å². The average Bonchev–Trinajstić information content (AvgIpc) is 2.41. The van der Waals surface area contributed by atoms with E-state index in [4.69, 9.17) is 0 Å². The van der Waals surface area contributed by atoms with Gasteiger partial charge in [-0.25, -0.2) is 0 Å². The maximum absolute atomic E-state index is 9.41. The van der Waals surface area contributed by atoms with Gasteiger partial charge >= 0.3 is 0 Å². The molecule has 0 heterocycles. The minimum Gasteiger partial charge on any atom is -0.396 e. The number of rotatable bonds is 2. The van der Waals surface area contributed by atoms with Crippen LogP contribution in [0.25, 0.3) is 0 Å². The van der Waals surface area contributed by atoms with Crippen molar-refractivity contribution in [1.29, 1.82) is 0 Å². The van der Waals surface area contributed by atoms with Crippen LogP contribution >= 0.6 is 0 Å². The van der Waals surface area contributed by atoms with Gasteiger partial charge < -0.3 is 10.2 Å². The van der Waals surface area contributed by atoms with Crippen LogP contribution in [0.15, 0.2) is 0 Å². The van der Waals surface area contributed by atoms with Crippen molar-refractivity contribution in [2.24, 2.45) is 16.7 Å². The van der Waals surface area contributed by atoms with Crippen molar-refractivity contribution in [1.82, 2.24) is 0 Å². The summed E-state index contributed by atoms with van der Waals surface area (Å²) in [7, 11) is 0. The second-order valence-electron chi connectivity index (χ2n) is 5.51. The fourth-order valence-corrected chi connectivity index (χ4v) is 3.80. The van der Waals surface area contributed by atoms with Crippen molar-refractivity contribution in [3.05, 3.63) is 0 Å². The van der Waals surface area contributed by atoms with Crippen molar-refractivity contribution < 1.29 is 10.2 Å². The summed E-state index contributed by atoms with van der Waals surface area (Å²) in [5.74, 6) is 0.676. The Kier molecular flexibility index (Phi) is 2.16. The molecule has 2 unspecified atom stereocenters.